The van der Waals surface area contributed by atoms with Crippen molar-refractivity contribution in [1.29, 1.82) is 0 Å². The number of furan rings is 1. The van der Waals surface area contributed by atoms with E-state index in [0.29, 0.717) is 16.0 Å². The van der Waals surface area contributed by atoms with Crippen LogP contribution in [0.25, 0.3) is 11.0 Å². The minimum absolute atomic E-state index is 0.0257. The van der Waals surface area contributed by atoms with Gasteiger partial charge >= 0.3 is 0 Å². The summed E-state index contributed by atoms with van der Waals surface area (Å²) < 4.78 is 5.16. The highest BCUT2D eigenvalue weighted by Crippen LogP contribution is 2.33. The molecule has 0 radical (unpaired) electrons. The first-order chi connectivity index (χ1) is 6.59. The Morgan fingerprint density at radius 3 is 2.86 bits per heavy atom. The predicted molar refractivity (Wildman–Crippen MR) is 52.9 cm³/mol. The van der Waals surface area contributed by atoms with Crippen molar-refractivity contribution < 1.29 is 14.3 Å². The molecule has 0 fully saturated rings. The molecule has 0 amide bonds. The van der Waals surface area contributed by atoms with Gasteiger partial charge in [0.25, 0.3) is 0 Å². The van der Waals surface area contributed by atoms with Gasteiger partial charge in [-0.2, -0.15) is 0 Å². The van der Waals surface area contributed by atoms with E-state index >= 15 is 0 Å². The van der Waals surface area contributed by atoms with Gasteiger partial charge in [0.05, 0.1) is 5.39 Å². The molecule has 14 heavy (non-hydrogen) atoms. The first kappa shape index (κ1) is 9.09. The van der Waals surface area contributed by atoms with E-state index in [-0.39, 0.29) is 17.3 Å². The lowest BCUT2D eigenvalue weighted by atomic mass is 10.2. The van der Waals surface area contributed by atoms with Crippen molar-refractivity contribution in [1.82, 2.24) is 0 Å². The van der Waals surface area contributed by atoms with E-state index in [9.17, 15) is 9.90 Å². The Balaban J connectivity index is 2.80. The van der Waals surface area contributed by atoms with Crippen molar-refractivity contribution in [2.75, 3.05) is 0 Å². The van der Waals surface area contributed by atoms with Gasteiger partial charge in [-0.25, -0.2) is 0 Å². The van der Waals surface area contributed by atoms with Gasteiger partial charge in [0, 0.05) is 11.9 Å². The third kappa shape index (κ3) is 1.26. The van der Waals surface area contributed by atoms with Crippen LogP contribution < -0.4 is 0 Å². The monoisotopic (exact) mass is 210 g/mol. The molecule has 1 N–H and O–H groups in total. The summed E-state index contributed by atoms with van der Waals surface area (Å²) in [6, 6.07) is 4.81. The molecule has 1 aromatic carbocycles. The van der Waals surface area contributed by atoms with Gasteiger partial charge in [0.15, 0.2) is 11.5 Å². The number of rotatable bonds is 1. The highest BCUT2D eigenvalue weighted by atomic mass is 35.5. The Morgan fingerprint density at radius 2 is 2.21 bits per heavy atom. The van der Waals surface area contributed by atoms with Crippen LogP contribution in [-0.4, -0.2) is 10.9 Å². The molecule has 0 unspecified atom stereocenters. The summed E-state index contributed by atoms with van der Waals surface area (Å²) >= 11 is 5.74. The molecule has 0 aliphatic heterocycles. The molecule has 2 rings (SSSR count). The fraction of sp³-hybridized carbons (Fsp3) is 0.100. The van der Waals surface area contributed by atoms with Gasteiger partial charge in [-0.1, -0.05) is 11.6 Å². The van der Waals surface area contributed by atoms with E-state index in [1.54, 1.807) is 18.2 Å². The smallest absolute Gasteiger partial charge is 0.212 e. The topological polar surface area (TPSA) is 50.4 Å². The van der Waals surface area contributed by atoms with Crippen LogP contribution >= 0.6 is 11.6 Å². The van der Waals surface area contributed by atoms with Crippen molar-refractivity contribution in [3.63, 3.8) is 0 Å². The molecule has 0 atom stereocenters. The molecule has 0 saturated heterocycles. The zero-order chi connectivity index (χ0) is 10.3. The molecule has 0 aliphatic carbocycles. The number of hydrogen-bond acceptors (Lipinski definition) is 3. The Kier molecular flexibility index (Phi) is 1.97. The van der Waals surface area contributed by atoms with E-state index in [2.05, 4.69) is 0 Å². The molecule has 1 heterocycles. The SMILES string of the molecule is CC(=O)c1oc2ccc(Cl)cc2c1O. The summed E-state index contributed by atoms with van der Waals surface area (Å²) in [5.74, 6) is -0.480. The van der Waals surface area contributed by atoms with Crippen LogP contribution in [0.2, 0.25) is 5.02 Å². The van der Waals surface area contributed by atoms with Crippen LogP contribution in [0, 0.1) is 0 Å². The van der Waals surface area contributed by atoms with Crippen LogP contribution in [0.5, 0.6) is 5.75 Å². The predicted octanol–water partition coefficient (Wildman–Crippen LogP) is 2.99. The average molecular weight is 211 g/mol. The van der Waals surface area contributed by atoms with Crippen LogP contribution in [0.15, 0.2) is 22.6 Å². The molecule has 72 valence electrons. The first-order valence-electron chi connectivity index (χ1n) is 4.01. The van der Waals surface area contributed by atoms with Gasteiger partial charge in [-0.15, -0.1) is 0 Å². The third-order valence-corrected chi connectivity index (χ3v) is 2.18. The standard InChI is InChI=1S/C10H7ClO3/c1-5(12)10-9(13)7-4-6(11)2-3-8(7)14-10/h2-4,13H,1H3. The fourth-order valence-corrected chi connectivity index (χ4v) is 1.47. The van der Waals surface area contributed by atoms with Gasteiger partial charge < -0.3 is 9.52 Å². The second-order valence-corrected chi connectivity index (χ2v) is 3.41. The van der Waals surface area contributed by atoms with Crippen molar-refractivity contribution in [3.8, 4) is 5.75 Å². The van der Waals surface area contributed by atoms with Crippen LogP contribution in [0.3, 0.4) is 0 Å². The molecule has 3 nitrogen and oxygen atoms in total. The minimum Gasteiger partial charge on any atom is -0.504 e. The Hall–Kier alpha value is -1.48. The van der Waals surface area contributed by atoms with Crippen molar-refractivity contribution in [2.24, 2.45) is 0 Å². The lowest BCUT2D eigenvalue weighted by Crippen LogP contribution is -1.87. The second kappa shape index (κ2) is 3.03. The zero-order valence-electron chi connectivity index (χ0n) is 7.37. The van der Waals surface area contributed by atoms with Crippen molar-refractivity contribution >= 4 is 28.4 Å². The van der Waals surface area contributed by atoms with E-state index in [0.717, 1.165) is 0 Å². The number of Topliss-reactive ketones (excluding diaryl/α,β-unsaturated/α-hetero) is 1. The van der Waals surface area contributed by atoms with E-state index in [1.807, 2.05) is 0 Å². The zero-order valence-corrected chi connectivity index (χ0v) is 8.13. The maximum absolute atomic E-state index is 11.0. The maximum Gasteiger partial charge on any atom is 0.212 e. The van der Waals surface area contributed by atoms with Crippen molar-refractivity contribution in [3.05, 3.63) is 29.0 Å². The van der Waals surface area contributed by atoms with E-state index in [1.165, 1.54) is 6.92 Å². The van der Waals surface area contributed by atoms with Crippen molar-refractivity contribution in [2.45, 2.75) is 6.92 Å². The number of halogens is 1. The summed E-state index contributed by atoms with van der Waals surface area (Å²) in [4.78, 5) is 11.0. The fourth-order valence-electron chi connectivity index (χ4n) is 1.30. The number of carbonyl (C=O) groups excluding carboxylic acids is 1. The second-order valence-electron chi connectivity index (χ2n) is 2.98. The third-order valence-electron chi connectivity index (χ3n) is 1.94. The Morgan fingerprint density at radius 1 is 1.50 bits per heavy atom. The Labute approximate surface area is 84.9 Å². The van der Waals surface area contributed by atoms with Crippen LogP contribution in [0.1, 0.15) is 17.5 Å². The molecule has 0 bridgehead atoms. The quantitative estimate of drug-likeness (QED) is 0.737. The number of carbonyl (C=O) groups is 1. The van der Waals surface area contributed by atoms with Gasteiger partial charge in [-0.05, 0) is 18.2 Å². The minimum atomic E-state index is -0.310. The first-order valence-corrected chi connectivity index (χ1v) is 4.39. The number of benzene rings is 1. The molecule has 2 aromatic rings. The molecular weight excluding hydrogens is 204 g/mol. The lowest BCUT2D eigenvalue weighted by molar-refractivity contribution is 0.0985. The van der Waals surface area contributed by atoms with Gasteiger partial charge in [0.1, 0.15) is 5.58 Å². The van der Waals surface area contributed by atoms with Gasteiger partial charge in [0.2, 0.25) is 5.76 Å². The number of ketones is 1. The molecule has 0 aliphatic rings. The molecule has 0 spiro atoms. The largest absolute Gasteiger partial charge is 0.504 e. The number of aromatic hydroxyl groups is 1. The number of hydrogen-bond donors (Lipinski definition) is 1. The summed E-state index contributed by atoms with van der Waals surface area (Å²) in [5, 5.41) is 10.6. The summed E-state index contributed by atoms with van der Waals surface area (Å²) in [5.41, 5.74) is 0.456. The van der Waals surface area contributed by atoms with Crippen LogP contribution in [-0.2, 0) is 0 Å². The van der Waals surface area contributed by atoms with Gasteiger partial charge in [-0.3, -0.25) is 4.79 Å². The Bertz CT molecular complexity index is 513. The van der Waals surface area contributed by atoms with E-state index in [4.69, 9.17) is 16.0 Å². The summed E-state index contributed by atoms with van der Waals surface area (Å²) in [6.45, 7) is 1.33. The normalized spacial score (nSPS) is 10.7. The average Bonchev–Trinajstić information content (AvgIpc) is 2.44. The van der Waals surface area contributed by atoms with Crippen LogP contribution in [0.4, 0.5) is 0 Å². The number of fused-ring (bicyclic) bond motifs is 1. The molecule has 0 saturated carbocycles. The lowest BCUT2D eigenvalue weighted by Gasteiger charge is -1.89. The molecule has 4 heteroatoms. The van der Waals surface area contributed by atoms with E-state index < -0.39 is 0 Å². The highest BCUT2D eigenvalue weighted by Gasteiger charge is 2.16. The maximum atomic E-state index is 11.0. The highest BCUT2D eigenvalue weighted by molar-refractivity contribution is 6.31. The summed E-state index contributed by atoms with van der Waals surface area (Å²) in [7, 11) is 0. The molecular formula is C10H7ClO3. The molecule has 1 aromatic heterocycles. The summed E-state index contributed by atoms with van der Waals surface area (Å²) in [6.07, 6.45) is 0.